The van der Waals surface area contributed by atoms with Crippen LogP contribution in [-0.4, -0.2) is 4.43 Å². The van der Waals surface area contributed by atoms with E-state index in [2.05, 4.69) is 35.2 Å². The number of halogens is 1. The van der Waals surface area contributed by atoms with Crippen LogP contribution in [0.25, 0.3) is 0 Å². The van der Waals surface area contributed by atoms with E-state index in [0.717, 1.165) is 0 Å². The van der Waals surface area contributed by atoms with Gasteiger partial charge in [-0.15, -0.1) is 6.58 Å². The largest absolute Gasteiger partial charge is 0.103 e. The summed E-state index contributed by atoms with van der Waals surface area (Å²) in [7, 11) is 0. The van der Waals surface area contributed by atoms with E-state index < -0.39 is 0 Å². The number of rotatable bonds is 4. The SMILES string of the molecule is C=CCCC1(CI)CCCCC1. The van der Waals surface area contributed by atoms with E-state index in [9.17, 15) is 0 Å². The first-order valence-corrected chi connectivity index (χ1v) is 6.52. The van der Waals surface area contributed by atoms with Crippen molar-refractivity contribution in [3.63, 3.8) is 0 Å². The van der Waals surface area contributed by atoms with Crippen molar-refractivity contribution in [2.75, 3.05) is 4.43 Å². The maximum absolute atomic E-state index is 3.81. The van der Waals surface area contributed by atoms with Crippen LogP contribution in [0.15, 0.2) is 12.7 Å². The first-order valence-electron chi connectivity index (χ1n) is 5.00. The molecule has 0 aromatic rings. The zero-order valence-electron chi connectivity index (χ0n) is 7.82. The van der Waals surface area contributed by atoms with Gasteiger partial charge in [-0.05, 0) is 31.1 Å². The minimum absolute atomic E-state index is 0.688. The summed E-state index contributed by atoms with van der Waals surface area (Å²) in [5, 5.41) is 0. The molecule has 1 fully saturated rings. The van der Waals surface area contributed by atoms with Crippen molar-refractivity contribution in [1.82, 2.24) is 0 Å². The molecule has 0 atom stereocenters. The smallest absolute Gasteiger partial charge is 0.00521 e. The third-order valence-electron chi connectivity index (χ3n) is 3.08. The molecule has 1 saturated carbocycles. The van der Waals surface area contributed by atoms with Gasteiger partial charge in [-0.3, -0.25) is 0 Å². The van der Waals surface area contributed by atoms with Gasteiger partial charge in [0.15, 0.2) is 0 Å². The van der Waals surface area contributed by atoms with Crippen molar-refractivity contribution in [2.45, 2.75) is 44.9 Å². The Morgan fingerprint density at radius 1 is 1.25 bits per heavy atom. The highest BCUT2D eigenvalue weighted by Crippen LogP contribution is 2.41. The fraction of sp³-hybridized carbons (Fsp3) is 0.818. The molecule has 1 aliphatic carbocycles. The highest BCUT2D eigenvalue weighted by Gasteiger charge is 2.29. The molecular formula is C11H19I. The summed E-state index contributed by atoms with van der Waals surface area (Å²) < 4.78 is 1.35. The molecule has 0 aliphatic heterocycles. The predicted octanol–water partition coefficient (Wildman–Crippen LogP) is 4.34. The van der Waals surface area contributed by atoms with Gasteiger partial charge in [0.2, 0.25) is 0 Å². The minimum atomic E-state index is 0.688. The molecule has 0 amide bonds. The number of allylic oxidation sites excluding steroid dienone is 1. The van der Waals surface area contributed by atoms with Gasteiger partial charge in [0.05, 0.1) is 0 Å². The van der Waals surface area contributed by atoms with Crippen molar-refractivity contribution in [2.24, 2.45) is 5.41 Å². The summed E-state index contributed by atoms with van der Waals surface area (Å²) in [6.07, 6.45) is 12.0. The molecule has 0 spiro atoms. The first kappa shape index (κ1) is 10.6. The molecule has 0 aromatic heterocycles. The maximum atomic E-state index is 3.81. The van der Waals surface area contributed by atoms with Crippen molar-refractivity contribution >= 4 is 22.6 Å². The Balaban J connectivity index is 2.41. The molecule has 12 heavy (non-hydrogen) atoms. The van der Waals surface area contributed by atoms with Gasteiger partial charge in [0, 0.05) is 4.43 Å². The molecule has 0 radical (unpaired) electrons. The molecule has 0 heterocycles. The van der Waals surface area contributed by atoms with Crippen LogP contribution in [0.1, 0.15) is 44.9 Å². The fourth-order valence-corrected chi connectivity index (χ4v) is 3.30. The fourth-order valence-electron chi connectivity index (χ4n) is 2.16. The zero-order chi connectivity index (χ0) is 8.86. The lowest BCUT2D eigenvalue weighted by Crippen LogP contribution is -2.25. The molecular weight excluding hydrogens is 259 g/mol. The van der Waals surface area contributed by atoms with Gasteiger partial charge in [0.1, 0.15) is 0 Å². The van der Waals surface area contributed by atoms with Crippen LogP contribution in [0.3, 0.4) is 0 Å². The highest BCUT2D eigenvalue weighted by molar-refractivity contribution is 14.1. The molecule has 1 rings (SSSR count). The van der Waals surface area contributed by atoms with Gasteiger partial charge >= 0.3 is 0 Å². The molecule has 1 aliphatic rings. The van der Waals surface area contributed by atoms with Gasteiger partial charge in [0.25, 0.3) is 0 Å². The molecule has 70 valence electrons. The average molecular weight is 278 g/mol. The maximum Gasteiger partial charge on any atom is 0.00521 e. The number of hydrogen-bond acceptors (Lipinski definition) is 0. The lowest BCUT2D eigenvalue weighted by atomic mass is 9.73. The van der Waals surface area contributed by atoms with Crippen molar-refractivity contribution < 1.29 is 0 Å². The van der Waals surface area contributed by atoms with Crippen LogP contribution in [0, 0.1) is 5.41 Å². The van der Waals surface area contributed by atoms with E-state index >= 15 is 0 Å². The summed E-state index contributed by atoms with van der Waals surface area (Å²) in [4.78, 5) is 0. The minimum Gasteiger partial charge on any atom is -0.103 e. The highest BCUT2D eigenvalue weighted by atomic mass is 127. The Morgan fingerprint density at radius 3 is 2.42 bits per heavy atom. The third kappa shape index (κ3) is 2.75. The van der Waals surface area contributed by atoms with Crippen LogP contribution in [0.4, 0.5) is 0 Å². The number of hydrogen-bond donors (Lipinski definition) is 0. The summed E-state index contributed by atoms with van der Waals surface area (Å²) in [6.45, 7) is 3.81. The summed E-state index contributed by atoms with van der Waals surface area (Å²) in [5.41, 5.74) is 0.688. The normalized spacial score (nSPS) is 22.1. The Hall–Kier alpha value is 0.470. The molecule has 1 heteroatoms. The summed E-state index contributed by atoms with van der Waals surface area (Å²) in [6, 6.07) is 0. The van der Waals surface area contributed by atoms with Crippen LogP contribution in [0.5, 0.6) is 0 Å². The molecule has 0 N–H and O–H groups in total. The third-order valence-corrected chi connectivity index (χ3v) is 4.69. The van der Waals surface area contributed by atoms with Gasteiger partial charge in [-0.25, -0.2) is 0 Å². The van der Waals surface area contributed by atoms with Crippen LogP contribution < -0.4 is 0 Å². The van der Waals surface area contributed by atoms with Gasteiger partial charge in [-0.2, -0.15) is 0 Å². The molecule has 0 aromatic carbocycles. The molecule has 0 saturated heterocycles. The standard InChI is InChI=1S/C11H19I/c1-2-3-7-11(10-12)8-5-4-6-9-11/h2H,1,3-10H2. The van der Waals surface area contributed by atoms with E-state index in [1.807, 2.05) is 0 Å². The summed E-state index contributed by atoms with van der Waals surface area (Å²) in [5.74, 6) is 0. The van der Waals surface area contributed by atoms with Crippen LogP contribution in [-0.2, 0) is 0 Å². The second kappa shape index (κ2) is 5.25. The predicted molar refractivity (Wildman–Crippen MR) is 63.8 cm³/mol. The second-order valence-electron chi connectivity index (χ2n) is 4.02. The Morgan fingerprint density at radius 2 is 1.92 bits per heavy atom. The van der Waals surface area contributed by atoms with Crippen molar-refractivity contribution in [3.8, 4) is 0 Å². The topological polar surface area (TPSA) is 0 Å². The average Bonchev–Trinajstić information content (AvgIpc) is 2.16. The molecule has 0 nitrogen and oxygen atoms in total. The monoisotopic (exact) mass is 278 g/mol. The zero-order valence-corrected chi connectivity index (χ0v) is 9.98. The van der Waals surface area contributed by atoms with Gasteiger partial charge in [-0.1, -0.05) is 47.9 Å². The lowest BCUT2D eigenvalue weighted by molar-refractivity contribution is 0.211. The second-order valence-corrected chi connectivity index (χ2v) is 4.78. The first-order chi connectivity index (χ1) is 5.83. The molecule has 0 bridgehead atoms. The van der Waals surface area contributed by atoms with E-state index in [1.165, 1.54) is 49.4 Å². The van der Waals surface area contributed by atoms with Crippen molar-refractivity contribution in [1.29, 1.82) is 0 Å². The molecule has 0 unspecified atom stereocenters. The van der Waals surface area contributed by atoms with E-state index in [-0.39, 0.29) is 0 Å². The van der Waals surface area contributed by atoms with E-state index in [1.54, 1.807) is 0 Å². The Kier molecular flexibility index (Phi) is 4.62. The van der Waals surface area contributed by atoms with E-state index in [0.29, 0.717) is 5.41 Å². The van der Waals surface area contributed by atoms with Gasteiger partial charge < -0.3 is 0 Å². The Bertz CT molecular complexity index is 134. The lowest BCUT2D eigenvalue weighted by Gasteiger charge is -2.35. The number of alkyl halides is 1. The summed E-state index contributed by atoms with van der Waals surface area (Å²) >= 11 is 2.56. The van der Waals surface area contributed by atoms with Crippen LogP contribution in [0.2, 0.25) is 0 Å². The van der Waals surface area contributed by atoms with Crippen LogP contribution >= 0.6 is 22.6 Å². The quantitative estimate of drug-likeness (QED) is 0.408. The van der Waals surface area contributed by atoms with E-state index in [4.69, 9.17) is 0 Å². The van der Waals surface area contributed by atoms with Crippen molar-refractivity contribution in [3.05, 3.63) is 12.7 Å². The Labute approximate surface area is 90.0 Å².